The molecule has 8 nitrogen and oxygen atoms in total. The summed E-state index contributed by atoms with van der Waals surface area (Å²) in [6.07, 6.45) is 4.17. The fourth-order valence-electron chi connectivity index (χ4n) is 3.79. The zero-order chi connectivity index (χ0) is 24.9. The summed E-state index contributed by atoms with van der Waals surface area (Å²) < 4.78 is 17.5. The molecule has 0 fully saturated rings. The van der Waals surface area contributed by atoms with Gasteiger partial charge in [0, 0.05) is 6.08 Å². The number of carbonyl (C=O) groups excluding carboxylic acids is 1. The van der Waals surface area contributed by atoms with E-state index < -0.39 is 5.91 Å². The van der Waals surface area contributed by atoms with Gasteiger partial charge in [0.25, 0.3) is 5.91 Å². The monoisotopic (exact) mass is 475 g/mol. The van der Waals surface area contributed by atoms with Crippen LogP contribution in [0.2, 0.25) is 0 Å². The van der Waals surface area contributed by atoms with E-state index in [1.807, 2.05) is 19.1 Å². The number of amides is 1. The van der Waals surface area contributed by atoms with Crippen molar-refractivity contribution < 1.29 is 23.8 Å². The summed E-state index contributed by atoms with van der Waals surface area (Å²) in [5.41, 5.74) is 3.21. The molecule has 182 valence electrons. The third-order valence-corrected chi connectivity index (χ3v) is 5.39. The van der Waals surface area contributed by atoms with Gasteiger partial charge in [-0.25, -0.2) is 0 Å². The number of rotatable bonds is 9. The molecule has 0 aliphatic carbocycles. The molecular formula is C27H29N3O5. The predicted octanol–water partition coefficient (Wildman–Crippen LogP) is 4.86. The second-order valence-electron chi connectivity index (χ2n) is 8.17. The number of hydrogen-bond donors (Lipinski definition) is 1. The van der Waals surface area contributed by atoms with Crippen molar-refractivity contribution in [2.24, 2.45) is 4.99 Å². The van der Waals surface area contributed by atoms with Crippen LogP contribution < -0.4 is 14.2 Å². The summed E-state index contributed by atoms with van der Waals surface area (Å²) in [6, 6.07) is 11.6. The lowest BCUT2D eigenvalue weighted by Gasteiger charge is -2.23. The molecule has 0 bridgehead atoms. The molecule has 2 aliphatic rings. The molecule has 2 aliphatic heterocycles. The van der Waals surface area contributed by atoms with Crippen LogP contribution in [0.5, 0.6) is 17.2 Å². The smallest absolute Gasteiger partial charge is 0.282 e. The van der Waals surface area contributed by atoms with Crippen LogP contribution in [0.4, 0.5) is 0 Å². The van der Waals surface area contributed by atoms with Crippen LogP contribution in [0.3, 0.4) is 0 Å². The second kappa shape index (κ2) is 10.5. The maximum absolute atomic E-state index is 12.5. The molecule has 0 atom stereocenters. The van der Waals surface area contributed by atoms with E-state index in [1.54, 1.807) is 37.3 Å². The zero-order valence-electron chi connectivity index (χ0n) is 20.4. The fraction of sp³-hybridized carbons (Fsp3) is 0.296. The molecule has 0 saturated heterocycles. The summed E-state index contributed by atoms with van der Waals surface area (Å²) >= 11 is 0. The van der Waals surface area contributed by atoms with Crippen molar-refractivity contribution in [2.75, 3.05) is 19.8 Å². The highest BCUT2D eigenvalue weighted by atomic mass is 16.7. The number of carbonyl (C=O) groups is 1. The van der Waals surface area contributed by atoms with Crippen molar-refractivity contribution >= 4 is 23.7 Å². The molecule has 1 N–H and O–H groups in total. The first-order valence-corrected chi connectivity index (χ1v) is 11.6. The van der Waals surface area contributed by atoms with Gasteiger partial charge in [0.05, 0.1) is 12.2 Å². The average molecular weight is 476 g/mol. The van der Waals surface area contributed by atoms with E-state index in [2.05, 4.69) is 24.9 Å². The number of amidine groups is 2. The van der Waals surface area contributed by atoms with E-state index in [4.69, 9.17) is 24.5 Å². The summed E-state index contributed by atoms with van der Waals surface area (Å²) in [5, 5.41) is 9.61. The van der Waals surface area contributed by atoms with Gasteiger partial charge in [0.1, 0.15) is 24.7 Å². The van der Waals surface area contributed by atoms with Crippen LogP contribution in [0, 0.1) is 12.3 Å². The summed E-state index contributed by atoms with van der Waals surface area (Å²) in [7, 11) is 0. The first-order valence-electron chi connectivity index (χ1n) is 11.6. The molecule has 0 unspecified atom stereocenters. The molecule has 4 rings (SSSR count). The first-order chi connectivity index (χ1) is 16.9. The van der Waals surface area contributed by atoms with Gasteiger partial charge in [-0.1, -0.05) is 19.1 Å². The number of aliphatic imine (C=N–C) groups is 1. The first kappa shape index (κ1) is 24.1. The molecule has 2 aromatic carbocycles. The van der Waals surface area contributed by atoms with Crippen LogP contribution >= 0.6 is 0 Å². The molecule has 0 radical (unpaired) electrons. The third kappa shape index (κ3) is 5.54. The van der Waals surface area contributed by atoms with Gasteiger partial charge in [0.2, 0.25) is 0 Å². The highest BCUT2D eigenvalue weighted by Gasteiger charge is 2.34. The maximum atomic E-state index is 12.5. The average Bonchev–Trinajstić information content (AvgIpc) is 3.20. The second-order valence-corrected chi connectivity index (χ2v) is 8.17. The molecular weight excluding hydrogens is 446 g/mol. The van der Waals surface area contributed by atoms with E-state index in [0.29, 0.717) is 48.5 Å². The van der Waals surface area contributed by atoms with Crippen molar-refractivity contribution in [3.05, 3.63) is 70.5 Å². The Morgan fingerprint density at radius 2 is 1.83 bits per heavy atom. The lowest BCUT2D eigenvalue weighted by Crippen LogP contribution is -2.38. The number of fused-ring (bicyclic) bond motifs is 1. The van der Waals surface area contributed by atoms with Crippen LogP contribution in [-0.2, 0) is 16.1 Å². The van der Waals surface area contributed by atoms with E-state index in [1.165, 1.54) is 10.6 Å². The lowest BCUT2D eigenvalue weighted by molar-refractivity contribution is -0.114. The topological polar surface area (TPSA) is 93.4 Å². The molecule has 8 heteroatoms. The van der Waals surface area contributed by atoms with Gasteiger partial charge < -0.3 is 19.0 Å². The Morgan fingerprint density at radius 1 is 1.03 bits per heavy atom. The van der Waals surface area contributed by atoms with Gasteiger partial charge in [-0.2, -0.15) is 4.99 Å². The van der Waals surface area contributed by atoms with E-state index in [9.17, 15) is 4.79 Å². The molecule has 2 aromatic rings. The standard InChI is InChI=1S/C27H29N3O5/c1-5-19-11-17(3)12-21(14-19)33-9-10-34-23-8-7-20(16-24(23)32-6-2)15-22-26(28)30-25(29-27(22)31)13-18(4)35-30/h7-8,11-16,28H,5-6,9-10H2,1-4H3/b22-15+,28-26?. The zero-order valence-corrected chi connectivity index (χ0v) is 20.4. The molecule has 0 spiro atoms. The van der Waals surface area contributed by atoms with Crippen molar-refractivity contribution in [3.63, 3.8) is 0 Å². The lowest BCUT2D eigenvalue weighted by atomic mass is 10.1. The van der Waals surface area contributed by atoms with Crippen LogP contribution in [-0.4, -0.2) is 42.5 Å². The maximum Gasteiger partial charge on any atom is 0.282 e. The van der Waals surface area contributed by atoms with Gasteiger partial charge >= 0.3 is 0 Å². The van der Waals surface area contributed by atoms with Gasteiger partial charge in [0.15, 0.2) is 23.2 Å². The minimum absolute atomic E-state index is 0.0640. The van der Waals surface area contributed by atoms with E-state index >= 15 is 0 Å². The van der Waals surface area contributed by atoms with Crippen molar-refractivity contribution in [3.8, 4) is 17.2 Å². The number of allylic oxidation sites excluding steroid dienone is 1. The van der Waals surface area contributed by atoms with Crippen LogP contribution in [0.15, 0.2) is 58.8 Å². The number of nitrogens with one attached hydrogen (secondary N) is 1. The predicted molar refractivity (Wildman–Crippen MR) is 134 cm³/mol. The van der Waals surface area contributed by atoms with Crippen LogP contribution in [0.25, 0.3) is 6.08 Å². The molecule has 2 heterocycles. The summed E-state index contributed by atoms with van der Waals surface area (Å²) in [5.74, 6) is 2.27. The van der Waals surface area contributed by atoms with Crippen LogP contribution in [0.1, 0.15) is 37.5 Å². The van der Waals surface area contributed by atoms with Gasteiger partial charge in [-0.15, -0.1) is 5.06 Å². The molecule has 0 aromatic heterocycles. The number of hydrogen-bond acceptors (Lipinski definition) is 6. The number of aryl methyl sites for hydroxylation is 2. The fourth-order valence-corrected chi connectivity index (χ4v) is 3.79. The van der Waals surface area contributed by atoms with Gasteiger partial charge in [-0.05, 0) is 74.2 Å². The highest BCUT2D eigenvalue weighted by Crippen LogP contribution is 2.31. The summed E-state index contributed by atoms with van der Waals surface area (Å²) in [4.78, 5) is 22.0. The molecule has 35 heavy (non-hydrogen) atoms. The number of nitrogens with zero attached hydrogens (tertiary/aromatic N) is 2. The Hall–Kier alpha value is -4.07. The largest absolute Gasteiger partial charge is 0.490 e. The Kier molecular flexibility index (Phi) is 7.19. The number of ether oxygens (including phenoxy) is 3. The Bertz CT molecular complexity index is 1250. The van der Waals surface area contributed by atoms with E-state index in [-0.39, 0.29) is 11.4 Å². The normalized spacial score (nSPS) is 16.0. The van der Waals surface area contributed by atoms with Gasteiger partial charge in [-0.3, -0.25) is 10.2 Å². The summed E-state index contributed by atoms with van der Waals surface area (Å²) in [6.45, 7) is 8.98. The highest BCUT2D eigenvalue weighted by molar-refractivity contribution is 6.32. The Morgan fingerprint density at radius 3 is 2.60 bits per heavy atom. The Labute approximate surface area is 204 Å². The van der Waals surface area contributed by atoms with Crippen molar-refractivity contribution in [1.82, 2.24) is 5.06 Å². The Balaban J connectivity index is 1.44. The number of hydroxylamine groups is 2. The van der Waals surface area contributed by atoms with E-state index in [0.717, 1.165) is 17.7 Å². The SMILES string of the molecule is CCOc1cc(/C=C2\C(=N)N3OC(C)=CC3=NC2=O)ccc1OCCOc1cc(C)cc(CC)c1. The third-order valence-electron chi connectivity index (χ3n) is 5.39. The molecule has 0 saturated carbocycles. The molecule has 1 amide bonds. The quantitative estimate of drug-likeness (QED) is 0.411. The van der Waals surface area contributed by atoms with Crippen molar-refractivity contribution in [1.29, 1.82) is 5.41 Å². The minimum atomic E-state index is -0.492. The minimum Gasteiger partial charge on any atom is -0.490 e. The number of benzene rings is 2. The van der Waals surface area contributed by atoms with Crippen molar-refractivity contribution in [2.45, 2.75) is 34.1 Å².